The molecule has 0 aromatic rings. The van der Waals surface area contributed by atoms with E-state index < -0.39 is 5.60 Å². The number of aliphatic hydroxyl groups is 1. The summed E-state index contributed by atoms with van der Waals surface area (Å²) in [6, 6.07) is 0. The van der Waals surface area contributed by atoms with Crippen molar-refractivity contribution < 1.29 is 5.11 Å². The summed E-state index contributed by atoms with van der Waals surface area (Å²) in [5.41, 5.74) is -0.488. The summed E-state index contributed by atoms with van der Waals surface area (Å²) in [6.45, 7) is 4.26. The number of rotatable bonds is 0. The van der Waals surface area contributed by atoms with E-state index in [1.54, 1.807) is 0 Å². The van der Waals surface area contributed by atoms with Crippen LogP contribution in [0.1, 0.15) is 26.7 Å². The van der Waals surface area contributed by atoms with Crippen LogP contribution >= 0.6 is 0 Å². The molecule has 1 saturated carbocycles. The normalized spacial score (nSPS) is 49.0. The Balaban J connectivity index is 2.27. The van der Waals surface area contributed by atoms with Crippen LogP contribution in [0.25, 0.3) is 0 Å². The highest BCUT2D eigenvalue weighted by atomic mass is 16.3. The molecule has 0 heterocycles. The fourth-order valence-electron chi connectivity index (χ4n) is 2.67. The fourth-order valence-corrected chi connectivity index (χ4v) is 2.67. The van der Waals surface area contributed by atoms with Crippen LogP contribution in [0.4, 0.5) is 0 Å². The minimum Gasteiger partial charge on any atom is -0.390 e. The molecule has 1 heteroatoms. The topological polar surface area (TPSA) is 20.2 Å². The molecule has 13 heavy (non-hydrogen) atoms. The van der Waals surface area contributed by atoms with E-state index >= 15 is 0 Å². The molecule has 4 atom stereocenters. The maximum atomic E-state index is 10.2. The highest BCUT2D eigenvalue weighted by Gasteiger charge is 2.41. The maximum absolute atomic E-state index is 10.2. The Kier molecular flexibility index (Phi) is 2.07. The van der Waals surface area contributed by atoms with Gasteiger partial charge < -0.3 is 5.11 Å². The maximum Gasteiger partial charge on any atom is 0.0688 e. The molecule has 72 valence electrons. The molecular weight excluding hydrogens is 160 g/mol. The van der Waals surface area contributed by atoms with E-state index in [2.05, 4.69) is 31.2 Å². The van der Waals surface area contributed by atoms with Crippen LogP contribution in [0.15, 0.2) is 24.3 Å². The Bertz CT molecular complexity index is 250. The average molecular weight is 178 g/mol. The zero-order valence-corrected chi connectivity index (χ0v) is 8.40. The van der Waals surface area contributed by atoms with Gasteiger partial charge in [0.1, 0.15) is 0 Å². The molecule has 2 aliphatic carbocycles. The predicted molar refractivity (Wildman–Crippen MR) is 54.3 cm³/mol. The number of allylic oxidation sites excluding steroid dienone is 3. The van der Waals surface area contributed by atoms with Crippen molar-refractivity contribution in [2.75, 3.05) is 0 Å². The van der Waals surface area contributed by atoms with Crippen LogP contribution in [0.3, 0.4) is 0 Å². The third kappa shape index (κ3) is 1.46. The standard InChI is InChI=1S/C12H18O/c1-9-7-8-12(2,13)11-6-4-3-5-10(9)11/h3-6,9-11,13H,7-8H2,1-2H3/t9?,10?,11?,12-/m1/s1. The third-order valence-corrected chi connectivity index (χ3v) is 3.66. The largest absolute Gasteiger partial charge is 0.390 e. The number of hydrogen-bond acceptors (Lipinski definition) is 1. The molecule has 0 aromatic carbocycles. The number of hydrogen-bond donors (Lipinski definition) is 1. The Hall–Kier alpha value is -0.560. The lowest BCUT2D eigenvalue weighted by molar-refractivity contribution is -0.0449. The Morgan fingerprint density at radius 1 is 1.31 bits per heavy atom. The van der Waals surface area contributed by atoms with Crippen molar-refractivity contribution in [3.05, 3.63) is 24.3 Å². The molecule has 1 fully saturated rings. The molecule has 0 aliphatic heterocycles. The summed E-state index contributed by atoms with van der Waals surface area (Å²) in [7, 11) is 0. The lowest BCUT2D eigenvalue weighted by atomic mass is 9.64. The third-order valence-electron chi connectivity index (χ3n) is 3.66. The molecular formula is C12H18O. The average Bonchev–Trinajstić information content (AvgIpc) is 2.13. The van der Waals surface area contributed by atoms with Gasteiger partial charge in [0, 0.05) is 5.92 Å². The van der Waals surface area contributed by atoms with Gasteiger partial charge in [-0.2, -0.15) is 0 Å². The SMILES string of the molecule is CC1CC[C@@](C)(O)C2C=CC=CC12. The Labute approximate surface area is 80.2 Å². The Morgan fingerprint density at radius 2 is 2.00 bits per heavy atom. The van der Waals surface area contributed by atoms with Crippen LogP contribution in [0.2, 0.25) is 0 Å². The van der Waals surface area contributed by atoms with Gasteiger partial charge in [0.25, 0.3) is 0 Å². The van der Waals surface area contributed by atoms with E-state index in [-0.39, 0.29) is 0 Å². The molecule has 1 nitrogen and oxygen atoms in total. The summed E-state index contributed by atoms with van der Waals surface area (Å²) >= 11 is 0. The second-order valence-electron chi connectivity index (χ2n) is 4.75. The summed E-state index contributed by atoms with van der Waals surface area (Å²) < 4.78 is 0. The first-order chi connectivity index (χ1) is 6.11. The van der Waals surface area contributed by atoms with Gasteiger partial charge in [-0.15, -0.1) is 0 Å². The van der Waals surface area contributed by atoms with Crippen LogP contribution in [0, 0.1) is 17.8 Å². The van der Waals surface area contributed by atoms with Gasteiger partial charge >= 0.3 is 0 Å². The van der Waals surface area contributed by atoms with Gasteiger partial charge in [-0.25, -0.2) is 0 Å². The van der Waals surface area contributed by atoms with E-state index in [4.69, 9.17) is 0 Å². The first-order valence-corrected chi connectivity index (χ1v) is 5.18. The van der Waals surface area contributed by atoms with Gasteiger partial charge in [-0.1, -0.05) is 31.2 Å². The summed E-state index contributed by atoms with van der Waals surface area (Å²) in [6.07, 6.45) is 10.7. The van der Waals surface area contributed by atoms with Crippen molar-refractivity contribution in [3.63, 3.8) is 0 Å². The second kappa shape index (κ2) is 2.98. The first-order valence-electron chi connectivity index (χ1n) is 5.18. The van der Waals surface area contributed by atoms with Crippen LogP contribution in [0.5, 0.6) is 0 Å². The monoisotopic (exact) mass is 178 g/mol. The minimum absolute atomic E-state index is 0.334. The zero-order valence-electron chi connectivity index (χ0n) is 8.40. The van der Waals surface area contributed by atoms with Crippen molar-refractivity contribution in [3.8, 4) is 0 Å². The van der Waals surface area contributed by atoms with Gasteiger partial charge in [-0.3, -0.25) is 0 Å². The van der Waals surface area contributed by atoms with E-state index in [0.29, 0.717) is 17.8 Å². The molecule has 0 bridgehead atoms. The fraction of sp³-hybridized carbons (Fsp3) is 0.667. The first kappa shape index (κ1) is 9.01. The van der Waals surface area contributed by atoms with Crippen molar-refractivity contribution in [1.82, 2.24) is 0 Å². The van der Waals surface area contributed by atoms with E-state index in [1.807, 2.05) is 6.92 Å². The molecule has 3 unspecified atom stereocenters. The lowest BCUT2D eigenvalue weighted by Crippen LogP contribution is -2.44. The predicted octanol–water partition coefficient (Wildman–Crippen LogP) is 2.53. The molecule has 0 saturated heterocycles. The highest BCUT2D eigenvalue weighted by Crippen LogP contribution is 2.43. The Morgan fingerprint density at radius 3 is 2.69 bits per heavy atom. The van der Waals surface area contributed by atoms with Crippen LogP contribution in [-0.2, 0) is 0 Å². The van der Waals surface area contributed by atoms with E-state index in [0.717, 1.165) is 12.8 Å². The summed E-state index contributed by atoms with van der Waals surface area (Å²) in [5, 5.41) is 10.2. The summed E-state index contributed by atoms with van der Waals surface area (Å²) in [5.74, 6) is 1.60. The minimum atomic E-state index is -0.488. The molecule has 2 rings (SSSR count). The lowest BCUT2D eigenvalue weighted by Gasteiger charge is -2.44. The summed E-state index contributed by atoms with van der Waals surface area (Å²) in [4.78, 5) is 0. The van der Waals surface area contributed by atoms with Crippen LogP contribution in [-0.4, -0.2) is 10.7 Å². The van der Waals surface area contributed by atoms with E-state index in [1.165, 1.54) is 0 Å². The molecule has 1 N–H and O–H groups in total. The highest BCUT2D eigenvalue weighted by molar-refractivity contribution is 5.19. The van der Waals surface area contributed by atoms with Crippen molar-refractivity contribution in [2.45, 2.75) is 32.3 Å². The van der Waals surface area contributed by atoms with Crippen LogP contribution < -0.4 is 0 Å². The smallest absolute Gasteiger partial charge is 0.0688 e. The van der Waals surface area contributed by atoms with Gasteiger partial charge in [0.15, 0.2) is 0 Å². The van der Waals surface area contributed by atoms with Crippen molar-refractivity contribution in [1.29, 1.82) is 0 Å². The van der Waals surface area contributed by atoms with Gasteiger partial charge in [0.05, 0.1) is 5.60 Å². The molecule has 0 aromatic heterocycles. The quantitative estimate of drug-likeness (QED) is 0.604. The van der Waals surface area contributed by atoms with Crippen molar-refractivity contribution >= 4 is 0 Å². The zero-order chi connectivity index (χ0) is 9.47. The molecule has 0 spiro atoms. The van der Waals surface area contributed by atoms with Gasteiger partial charge in [0.2, 0.25) is 0 Å². The second-order valence-corrected chi connectivity index (χ2v) is 4.75. The molecule has 0 amide bonds. The number of fused-ring (bicyclic) bond motifs is 1. The molecule has 0 radical (unpaired) electrons. The molecule has 2 aliphatic rings. The van der Waals surface area contributed by atoms with Crippen molar-refractivity contribution in [2.24, 2.45) is 17.8 Å². The van der Waals surface area contributed by atoms with Gasteiger partial charge in [-0.05, 0) is 31.6 Å². The van der Waals surface area contributed by atoms with E-state index in [9.17, 15) is 5.11 Å².